The summed E-state index contributed by atoms with van der Waals surface area (Å²) in [5.41, 5.74) is 1.78. The molecule has 0 radical (unpaired) electrons. The predicted molar refractivity (Wildman–Crippen MR) is 238 cm³/mol. The second-order valence-electron chi connectivity index (χ2n) is 15.7. The van der Waals surface area contributed by atoms with Crippen LogP contribution in [0.15, 0.2) is 41.9 Å². The molecule has 1 aliphatic rings. The van der Waals surface area contributed by atoms with Crippen molar-refractivity contribution >= 4 is 81.9 Å². The lowest BCUT2D eigenvalue weighted by Gasteiger charge is -2.29. The Hall–Kier alpha value is -6.52. The molecule has 0 spiro atoms. The number of thiazole rings is 1. The number of fused-ring (bicyclic) bond motifs is 3. The van der Waals surface area contributed by atoms with Crippen LogP contribution in [0.4, 0.5) is 0 Å². The molecule has 0 aliphatic carbocycles. The van der Waals surface area contributed by atoms with Gasteiger partial charge in [0.05, 0.1) is 24.9 Å². The zero-order valence-corrected chi connectivity index (χ0v) is 37.8. The molecule has 21 nitrogen and oxygen atoms in total. The number of para-hydroxylation sites is 1. The number of methoxy groups -OCH3 is 1. The number of H-pyrrole nitrogens is 1. The van der Waals surface area contributed by atoms with E-state index >= 15 is 0 Å². The summed E-state index contributed by atoms with van der Waals surface area (Å²) < 4.78 is 5.30. The number of aliphatic hydroxyl groups excluding tert-OH is 1. The highest BCUT2D eigenvalue weighted by molar-refractivity contribution is 7.09. The van der Waals surface area contributed by atoms with Gasteiger partial charge in [0.2, 0.25) is 41.7 Å². The van der Waals surface area contributed by atoms with E-state index in [0.717, 1.165) is 22.2 Å². The molecule has 0 fully saturated rings. The molecule has 1 aliphatic heterocycles. The van der Waals surface area contributed by atoms with Crippen molar-refractivity contribution in [1.82, 2.24) is 52.5 Å². The molecule has 65 heavy (non-hydrogen) atoms. The number of carbonyl (C=O) groups is 9. The van der Waals surface area contributed by atoms with Gasteiger partial charge in [-0.1, -0.05) is 58.7 Å². The molecule has 9 atom stereocenters. The Morgan fingerprint density at radius 1 is 0.954 bits per heavy atom. The van der Waals surface area contributed by atoms with Gasteiger partial charge in [-0.05, 0) is 36.5 Å². The van der Waals surface area contributed by atoms with Crippen LogP contribution in [0.3, 0.4) is 0 Å². The van der Waals surface area contributed by atoms with Gasteiger partial charge >= 0.3 is 0 Å². The first-order valence-electron chi connectivity index (χ1n) is 21.2. The van der Waals surface area contributed by atoms with Gasteiger partial charge in [-0.25, -0.2) is 4.98 Å². The molecule has 8 amide bonds. The van der Waals surface area contributed by atoms with Crippen LogP contribution >= 0.6 is 11.3 Å². The van der Waals surface area contributed by atoms with Crippen molar-refractivity contribution in [2.75, 3.05) is 26.8 Å². The number of benzene rings is 1. The van der Waals surface area contributed by atoms with Gasteiger partial charge in [0.1, 0.15) is 41.3 Å². The van der Waals surface area contributed by atoms with Crippen molar-refractivity contribution in [3.63, 3.8) is 0 Å². The first kappa shape index (κ1) is 51.1. The molecule has 352 valence electrons. The van der Waals surface area contributed by atoms with E-state index in [4.69, 9.17) is 4.74 Å². The molecule has 0 unspecified atom stereocenters. The van der Waals surface area contributed by atoms with Crippen LogP contribution < -0.4 is 42.5 Å². The van der Waals surface area contributed by atoms with E-state index in [1.165, 1.54) is 26.2 Å². The SMILES string of the molecule is CC[C@@H](C)[C@@H]1NC(=O)[C@@H](C)NC(=O)[C@@H](NC(=O)[C@H](NC(=O)[C@H](O)CNC=O)[C@H](C)CC)CNC(=O)[C@H](Cc2c[nH]c3ccccc23)NC(=O)/C=C/c2csc(n2)[C@H](COC)NC(=O)C1=O. The Morgan fingerprint density at radius 2 is 1.69 bits per heavy atom. The fourth-order valence-electron chi connectivity index (χ4n) is 6.72. The van der Waals surface area contributed by atoms with Crippen LogP contribution in [0.1, 0.15) is 69.8 Å². The quantitative estimate of drug-likeness (QED) is 0.0651. The van der Waals surface area contributed by atoms with Crippen LogP contribution in [-0.2, 0) is 54.3 Å². The van der Waals surface area contributed by atoms with Gasteiger partial charge in [-0.2, -0.15) is 0 Å². The second-order valence-corrected chi connectivity index (χ2v) is 16.6. The highest BCUT2D eigenvalue weighted by Crippen LogP contribution is 2.22. The van der Waals surface area contributed by atoms with Crippen LogP contribution in [0.5, 0.6) is 0 Å². The van der Waals surface area contributed by atoms with E-state index in [1.54, 1.807) is 39.3 Å². The van der Waals surface area contributed by atoms with Crippen molar-refractivity contribution in [1.29, 1.82) is 0 Å². The van der Waals surface area contributed by atoms with Gasteiger partial charge < -0.3 is 57.4 Å². The molecular weight excluding hydrogens is 865 g/mol. The van der Waals surface area contributed by atoms with Gasteiger partial charge in [-0.3, -0.25) is 43.2 Å². The number of Topliss-reactive ketones (excluding diaryl/α,β-unsaturated/α-hetero) is 1. The summed E-state index contributed by atoms with van der Waals surface area (Å²) in [6, 6.07) is -0.464. The van der Waals surface area contributed by atoms with E-state index in [0.29, 0.717) is 29.1 Å². The largest absolute Gasteiger partial charge is 0.382 e. The van der Waals surface area contributed by atoms with Gasteiger partial charge in [0, 0.05) is 48.6 Å². The number of hydrogen-bond acceptors (Lipinski definition) is 13. The third-order valence-corrected chi connectivity index (χ3v) is 12.0. The normalized spacial score (nSPS) is 22.8. The van der Waals surface area contributed by atoms with Crippen molar-refractivity contribution in [3.8, 4) is 0 Å². The lowest BCUT2D eigenvalue weighted by Crippen LogP contribution is -2.62. The number of nitrogens with one attached hydrogen (secondary N) is 9. The van der Waals surface area contributed by atoms with E-state index in [1.807, 2.05) is 24.3 Å². The van der Waals surface area contributed by atoms with Crippen LogP contribution in [0, 0.1) is 11.8 Å². The Balaban J connectivity index is 1.74. The molecular formula is C43H58N10O11S. The Bertz CT molecular complexity index is 2230. The molecule has 1 aromatic carbocycles. The summed E-state index contributed by atoms with van der Waals surface area (Å²) in [7, 11) is 1.40. The van der Waals surface area contributed by atoms with Crippen LogP contribution in [0.2, 0.25) is 0 Å². The highest BCUT2D eigenvalue weighted by atomic mass is 32.1. The van der Waals surface area contributed by atoms with Gasteiger partial charge in [0.25, 0.3) is 11.8 Å². The maximum Gasteiger partial charge on any atom is 0.290 e. The monoisotopic (exact) mass is 922 g/mol. The second kappa shape index (κ2) is 24.5. The first-order valence-corrected chi connectivity index (χ1v) is 22.1. The first-order chi connectivity index (χ1) is 31.0. The average molecular weight is 923 g/mol. The van der Waals surface area contributed by atoms with Crippen molar-refractivity contribution in [3.05, 3.63) is 58.2 Å². The number of aromatic amines is 1. The minimum Gasteiger partial charge on any atom is -0.382 e. The number of carbonyl (C=O) groups excluding carboxylic acids is 9. The van der Waals surface area contributed by atoms with E-state index in [-0.39, 0.29) is 19.4 Å². The smallest absolute Gasteiger partial charge is 0.290 e. The maximum absolute atomic E-state index is 14.1. The third-order valence-electron chi connectivity index (χ3n) is 11.0. The van der Waals surface area contributed by atoms with Gasteiger partial charge in [0.15, 0.2) is 0 Å². The number of aromatic nitrogens is 2. The zero-order chi connectivity index (χ0) is 47.8. The van der Waals surface area contributed by atoms with Crippen LogP contribution in [0.25, 0.3) is 17.0 Å². The topological polar surface area (TPSA) is 308 Å². The fraction of sp³-hybridized carbons (Fsp3) is 0.488. The number of nitrogens with zero attached hydrogens (tertiary/aromatic N) is 1. The standard InChI is InChI=1S/C43H58N10O11S/c1-7-22(3)34-36(57)42(63)51-31(19-64-6)43-48-26(20-65-43)13-14-33(56)49-29(15-25-16-45-28-12-10-9-11-27(25)28)38(59)46-17-30(39(60)47-24(5)37(58)52-34)50-41(62)35(23(4)8-2)53-40(61)32(55)18-44-21-54/h9-14,16,20-24,29-32,34-35,45,55H,7-8,15,17-19H2,1-6H3,(H,44,54)(H,46,59)(H,47,60)(H,49,56)(H,50,62)(H,51,63)(H,52,58)(H,53,61)/b14-13+/t22-,23-,24-,29+,30+,31+,32-,34+,35-/m1/s1. The molecule has 3 heterocycles. The predicted octanol–water partition coefficient (Wildman–Crippen LogP) is -0.974. The summed E-state index contributed by atoms with van der Waals surface area (Å²) in [6.07, 6.45) is 3.53. The highest BCUT2D eigenvalue weighted by Gasteiger charge is 2.36. The van der Waals surface area contributed by atoms with Crippen molar-refractivity contribution < 1.29 is 53.0 Å². The number of ether oxygens (including phenoxy) is 1. The number of amides is 8. The number of aliphatic hydroxyl groups is 1. The van der Waals surface area contributed by atoms with E-state index in [9.17, 15) is 48.3 Å². The Morgan fingerprint density at radius 3 is 2.38 bits per heavy atom. The molecule has 2 bridgehead atoms. The minimum atomic E-state index is -1.72. The molecule has 2 aromatic heterocycles. The molecule has 22 heteroatoms. The lowest BCUT2D eigenvalue weighted by molar-refractivity contribution is -0.142. The third kappa shape index (κ3) is 14.2. The summed E-state index contributed by atoms with van der Waals surface area (Å²) in [6.45, 7) is 7.00. The van der Waals surface area contributed by atoms with E-state index < -0.39 is 114 Å². The number of hydrogen-bond donors (Lipinski definition) is 10. The zero-order valence-electron chi connectivity index (χ0n) is 37.0. The molecule has 3 aromatic rings. The molecule has 10 N–H and O–H groups in total. The minimum absolute atomic E-state index is 0.0193. The van der Waals surface area contributed by atoms with Crippen LogP contribution in [-0.4, -0.2) is 132 Å². The average Bonchev–Trinajstić information content (AvgIpc) is 3.95. The summed E-state index contributed by atoms with van der Waals surface area (Å²) in [4.78, 5) is 128. The summed E-state index contributed by atoms with van der Waals surface area (Å²) in [5.74, 6) is -8.25. The number of rotatable bonds is 15. The van der Waals surface area contributed by atoms with Crippen molar-refractivity contribution in [2.45, 2.75) is 96.2 Å². The molecule has 4 rings (SSSR count). The summed E-state index contributed by atoms with van der Waals surface area (Å²) in [5, 5.41) is 33.3. The summed E-state index contributed by atoms with van der Waals surface area (Å²) >= 11 is 1.14. The molecule has 0 saturated heterocycles. The Kier molecular flexibility index (Phi) is 19.3. The van der Waals surface area contributed by atoms with Crippen molar-refractivity contribution in [2.24, 2.45) is 11.8 Å². The van der Waals surface area contributed by atoms with E-state index in [2.05, 4.69) is 52.5 Å². The fourth-order valence-corrected chi connectivity index (χ4v) is 7.54. The lowest BCUT2D eigenvalue weighted by atomic mass is 9.94. The maximum atomic E-state index is 14.1. The Labute approximate surface area is 379 Å². The molecule has 0 saturated carbocycles. The van der Waals surface area contributed by atoms with Gasteiger partial charge in [-0.15, -0.1) is 11.3 Å². The number of ketones is 1.